The van der Waals surface area contributed by atoms with Crippen LogP contribution in [-0.2, 0) is 9.59 Å². The summed E-state index contributed by atoms with van der Waals surface area (Å²) in [5.74, 6) is -1.23. The summed E-state index contributed by atoms with van der Waals surface area (Å²) in [4.78, 5) is 25.1. The molecule has 2 aromatic carbocycles. The Bertz CT molecular complexity index is 831. The van der Waals surface area contributed by atoms with Gasteiger partial charge in [-0.25, -0.2) is 4.39 Å². The molecule has 0 saturated heterocycles. The van der Waals surface area contributed by atoms with Crippen molar-refractivity contribution in [3.63, 3.8) is 0 Å². The summed E-state index contributed by atoms with van der Waals surface area (Å²) in [5.41, 5.74) is -0.261. The van der Waals surface area contributed by atoms with Crippen molar-refractivity contribution in [1.82, 2.24) is 0 Å². The predicted molar refractivity (Wildman–Crippen MR) is 105 cm³/mol. The molecular weight excluding hydrogens is 481 g/mol. The molecule has 2 aromatic rings. The van der Waals surface area contributed by atoms with Gasteiger partial charge in [-0.15, -0.1) is 0 Å². The molecule has 0 unspecified atom stereocenters. The molecule has 2 N–H and O–H groups in total. The van der Waals surface area contributed by atoms with Gasteiger partial charge in [0.1, 0.15) is 11.2 Å². The Hall–Kier alpha value is -1.38. The number of anilines is 2. The molecule has 0 aromatic heterocycles. The molecule has 130 valence electrons. The van der Waals surface area contributed by atoms with E-state index in [0.29, 0.717) is 37.8 Å². The maximum absolute atomic E-state index is 12.9. The van der Waals surface area contributed by atoms with E-state index in [4.69, 9.17) is 23.2 Å². The Morgan fingerprint density at radius 1 is 0.960 bits per heavy atom. The highest BCUT2D eigenvalue weighted by Crippen LogP contribution is 2.47. The number of nitrogens with one attached hydrogen (secondary N) is 2. The van der Waals surface area contributed by atoms with E-state index < -0.39 is 23.0 Å². The SMILES string of the molecule is O=C(Nc1ccc(F)cc1)C1(C(=O)Nc2cc(Cl)c(I)c(Cl)c2)CC1. The lowest BCUT2D eigenvalue weighted by Gasteiger charge is -2.16. The third-order valence-corrected chi connectivity index (χ3v) is 6.36. The molecule has 8 heteroatoms. The van der Waals surface area contributed by atoms with E-state index in [1.807, 2.05) is 22.6 Å². The average molecular weight is 493 g/mol. The van der Waals surface area contributed by atoms with Gasteiger partial charge in [0.15, 0.2) is 0 Å². The second-order valence-corrected chi connectivity index (χ2v) is 7.64. The molecule has 0 aliphatic heterocycles. The summed E-state index contributed by atoms with van der Waals surface area (Å²) in [7, 11) is 0. The molecule has 0 heterocycles. The van der Waals surface area contributed by atoms with E-state index in [-0.39, 0.29) is 0 Å². The highest BCUT2D eigenvalue weighted by atomic mass is 127. The molecule has 25 heavy (non-hydrogen) atoms. The van der Waals surface area contributed by atoms with Gasteiger partial charge in [0.2, 0.25) is 11.8 Å². The summed E-state index contributed by atoms with van der Waals surface area (Å²) in [5, 5.41) is 6.19. The molecule has 4 nitrogen and oxygen atoms in total. The molecule has 1 fully saturated rings. The van der Waals surface area contributed by atoms with E-state index in [1.165, 1.54) is 24.3 Å². The van der Waals surface area contributed by atoms with Crippen LogP contribution in [0.5, 0.6) is 0 Å². The van der Waals surface area contributed by atoms with Crippen LogP contribution in [0.4, 0.5) is 15.8 Å². The van der Waals surface area contributed by atoms with E-state index in [9.17, 15) is 14.0 Å². The van der Waals surface area contributed by atoms with Crippen LogP contribution in [0.15, 0.2) is 36.4 Å². The highest BCUT2D eigenvalue weighted by Gasteiger charge is 2.56. The van der Waals surface area contributed by atoms with Crippen molar-refractivity contribution in [2.75, 3.05) is 10.6 Å². The largest absolute Gasteiger partial charge is 0.325 e. The first-order valence-corrected chi connectivity index (χ1v) is 9.18. The van der Waals surface area contributed by atoms with Gasteiger partial charge in [0.25, 0.3) is 0 Å². The fourth-order valence-corrected chi connectivity index (χ4v) is 3.14. The minimum absolute atomic E-state index is 0.399. The van der Waals surface area contributed by atoms with E-state index in [1.54, 1.807) is 12.1 Å². The lowest BCUT2D eigenvalue weighted by Crippen LogP contribution is -2.35. The van der Waals surface area contributed by atoms with Crippen LogP contribution < -0.4 is 10.6 Å². The number of benzene rings is 2. The van der Waals surface area contributed by atoms with Gasteiger partial charge in [-0.2, -0.15) is 0 Å². The van der Waals surface area contributed by atoms with Crippen molar-refractivity contribution in [1.29, 1.82) is 0 Å². The first-order chi connectivity index (χ1) is 11.8. The van der Waals surface area contributed by atoms with Crippen molar-refractivity contribution >= 4 is 69.0 Å². The third kappa shape index (κ3) is 3.91. The van der Waals surface area contributed by atoms with E-state index in [2.05, 4.69) is 10.6 Å². The third-order valence-electron chi connectivity index (χ3n) is 3.96. The molecule has 0 spiro atoms. The normalized spacial score (nSPS) is 14.7. The van der Waals surface area contributed by atoms with E-state index in [0.717, 1.165) is 0 Å². The van der Waals surface area contributed by atoms with Crippen LogP contribution in [0.1, 0.15) is 12.8 Å². The first kappa shape index (κ1) is 18.4. The van der Waals surface area contributed by atoms with Gasteiger partial charge >= 0.3 is 0 Å². The summed E-state index contributed by atoms with van der Waals surface area (Å²) >= 11 is 14.1. The lowest BCUT2D eigenvalue weighted by molar-refractivity contribution is -0.131. The topological polar surface area (TPSA) is 58.2 Å². The number of amides is 2. The summed E-state index contributed by atoms with van der Waals surface area (Å²) < 4.78 is 13.6. The summed E-state index contributed by atoms with van der Waals surface area (Å²) in [6, 6.07) is 8.54. The first-order valence-electron chi connectivity index (χ1n) is 7.35. The molecule has 0 radical (unpaired) electrons. The minimum Gasteiger partial charge on any atom is -0.325 e. The number of carbonyl (C=O) groups is 2. The highest BCUT2D eigenvalue weighted by molar-refractivity contribution is 14.1. The van der Waals surface area contributed by atoms with Crippen molar-refractivity contribution in [2.24, 2.45) is 5.41 Å². The number of rotatable bonds is 4. The van der Waals surface area contributed by atoms with E-state index >= 15 is 0 Å². The monoisotopic (exact) mass is 492 g/mol. The Morgan fingerprint density at radius 3 is 1.92 bits per heavy atom. The summed E-state index contributed by atoms with van der Waals surface area (Å²) in [6.45, 7) is 0. The van der Waals surface area contributed by atoms with Gasteiger partial charge in [-0.3, -0.25) is 9.59 Å². The Morgan fingerprint density at radius 2 is 1.44 bits per heavy atom. The summed E-state index contributed by atoms with van der Waals surface area (Å²) in [6.07, 6.45) is 0.884. The Kier molecular flexibility index (Phi) is 5.22. The number of halogens is 4. The average Bonchev–Trinajstić information content (AvgIpc) is 3.36. The van der Waals surface area contributed by atoms with Crippen LogP contribution >= 0.6 is 45.8 Å². The van der Waals surface area contributed by atoms with Crippen molar-refractivity contribution in [3.8, 4) is 0 Å². The van der Waals surface area contributed by atoms with Gasteiger partial charge in [-0.1, -0.05) is 23.2 Å². The standard InChI is InChI=1S/C17H12Cl2FIN2O2/c18-12-7-11(8-13(19)14(12)21)23-16(25)17(5-6-17)15(24)22-10-3-1-9(20)2-4-10/h1-4,7-8H,5-6H2,(H,22,24)(H,23,25). The number of hydrogen-bond donors (Lipinski definition) is 2. The molecule has 0 bridgehead atoms. The fourth-order valence-electron chi connectivity index (χ4n) is 2.34. The maximum Gasteiger partial charge on any atom is 0.240 e. The maximum atomic E-state index is 12.9. The minimum atomic E-state index is -1.13. The molecular formula is C17H12Cl2FIN2O2. The number of hydrogen-bond acceptors (Lipinski definition) is 2. The van der Waals surface area contributed by atoms with Crippen LogP contribution in [0, 0.1) is 14.8 Å². The zero-order valence-electron chi connectivity index (χ0n) is 12.7. The zero-order valence-corrected chi connectivity index (χ0v) is 16.4. The zero-order chi connectivity index (χ0) is 18.2. The second-order valence-electron chi connectivity index (χ2n) is 5.75. The van der Waals surface area contributed by atoms with Crippen LogP contribution in [0.2, 0.25) is 10.0 Å². The van der Waals surface area contributed by atoms with Gasteiger partial charge in [0.05, 0.1) is 13.6 Å². The fraction of sp³-hybridized carbons (Fsp3) is 0.176. The molecule has 1 saturated carbocycles. The van der Waals surface area contributed by atoms with Crippen molar-refractivity contribution < 1.29 is 14.0 Å². The van der Waals surface area contributed by atoms with Crippen LogP contribution in [-0.4, -0.2) is 11.8 Å². The Labute approximate surface area is 167 Å². The van der Waals surface area contributed by atoms with Crippen LogP contribution in [0.25, 0.3) is 0 Å². The lowest BCUT2D eigenvalue weighted by atomic mass is 10.0. The number of carbonyl (C=O) groups excluding carboxylic acids is 2. The second kappa shape index (κ2) is 7.09. The van der Waals surface area contributed by atoms with Crippen molar-refractivity contribution in [2.45, 2.75) is 12.8 Å². The molecule has 2 amide bonds. The van der Waals surface area contributed by atoms with Crippen LogP contribution in [0.3, 0.4) is 0 Å². The Balaban J connectivity index is 1.73. The molecule has 3 rings (SSSR count). The molecule has 1 aliphatic carbocycles. The van der Waals surface area contributed by atoms with Gasteiger partial charge in [-0.05, 0) is 71.8 Å². The molecule has 0 atom stereocenters. The van der Waals surface area contributed by atoms with Crippen molar-refractivity contribution in [3.05, 3.63) is 55.8 Å². The predicted octanol–water partition coefficient (Wildman–Crippen LogP) is 5.09. The smallest absolute Gasteiger partial charge is 0.240 e. The quantitative estimate of drug-likeness (QED) is 0.354. The molecule has 1 aliphatic rings. The van der Waals surface area contributed by atoms with Gasteiger partial charge < -0.3 is 10.6 Å². The van der Waals surface area contributed by atoms with Gasteiger partial charge in [0, 0.05) is 11.4 Å².